The van der Waals surface area contributed by atoms with Crippen LogP contribution < -0.4 is 5.32 Å². The zero-order chi connectivity index (χ0) is 13.7. The van der Waals surface area contributed by atoms with E-state index in [1.807, 2.05) is 44.2 Å². The number of carbonyl (C=O) groups is 1. The van der Waals surface area contributed by atoms with Crippen molar-refractivity contribution in [1.82, 2.24) is 25.5 Å². The average Bonchev–Trinajstić information content (AvgIpc) is 2.83. The minimum atomic E-state index is -0.00810. The molecule has 1 heterocycles. The number of nitrogens with one attached hydrogen (secondary N) is 1. The van der Waals surface area contributed by atoms with E-state index in [2.05, 4.69) is 20.8 Å². The number of nitrogens with zero attached hydrogens (tertiary/aromatic N) is 4. The van der Waals surface area contributed by atoms with Crippen LogP contribution in [-0.4, -0.2) is 26.1 Å². The van der Waals surface area contributed by atoms with Gasteiger partial charge >= 0.3 is 0 Å². The molecule has 0 aliphatic rings. The van der Waals surface area contributed by atoms with Crippen molar-refractivity contribution in [1.29, 1.82) is 0 Å². The normalized spacial score (nSPS) is 12.1. The standard InChI is InChI=1S/C13H17N5O/c1-10(12-6-4-3-5-7-12)14-13(19)8-9-18-11(2)15-16-17-18/h3-7,10H,8-9H2,1-2H3,(H,14,19)/t10-/m1/s1. The fourth-order valence-electron chi connectivity index (χ4n) is 1.80. The van der Waals surface area contributed by atoms with Crippen molar-refractivity contribution in [3.05, 3.63) is 41.7 Å². The van der Waals surface area contributed by atoms with Crippen LogP contribution in [0.3, 0.4) is 0 Å². The topological polar surface area (TPSA) is 72.7 Å². The van der Waals surface area contributed by atoms with Crippen LogP contribution in [0.1, 0.15) is 30.8 Å². The highest BCUT2D eigenvalue weighted by atomic mass is 16.1. The molecular formula is C13H17N5O. The van der Waals surface area contributed by atoms with E-state index in [1.165, 1.54) is 0 Å². The molecule has 1 amide bonds. The van der Waals surface area contributed by atoms with Gasteiger partial charge in [0.25, 0.3) is 0 Å². The first-order valence-electron chi connectivity index (χ1n) is 6.24. The second kappa shape index (κ2) is 6.08. The van der Waals surface area contributed by atoms with Gasteiger partial charge in [0.05, 0.1) is 12.6 Å². The van der Waals surface area contributed by atoms with Gasteiger partial charge in [0.2, 0.25) is 5.91 Å². The Morgan fingerprint density at radius 1 is 1.37 bits per heavy atom. The van der Waals surface area contributed by atoms with Gasteiger partial charge in [-0.15, -0.1) is 5.10 Å². The Morgan fingerprint density at radius 3 is 2.74 bits per heavy atom. The van der Waals surface area contributed by atoms with Crippen molar-refractivity contribution in [2.24, 2.45) is 0 Å². The molecule has 0 aliphatic carbocycles. The van der Waals surface area contributed by atoms with Crippen LogP contribution in [0.4, 0.5) is 0 Å². The van der Waals surface area contributed by atoms with Crippen LogP contribution in [0, 0.1) is 6.92 Å². The van der Waals surface area contributed by atoms with E-state index in [9.17, 15) is 4.79 Å². The van der Waals surface area contributed by atoms with E-state index < -0.39 is 0 Å². The van der Waals surface area contributed by atoms with E-state index in [1.54, 1.807) is 4.68 Å². The quantitative estimate of drug-likeness (QED) is 0.877. The molecule has 1 N–H and O–H groups in total. The SMILES string of the molecule is Cc1nnnn1CCC(=O)N[C@H](C)c1ccccc1. The van der Waals surface area contributed by atoms with Gasteiger partial charge in [0.15, 0.2) is 0 Å². The lowest BCUT2D eigenvalue weighted by Crippen LogP contribution is -2.27. The first-order chi connectivity index (χ1) is 9.16. The van der Waals surface area contributed by atoms with Crippen LogP contribution in [0.5, 0.6) is 0 Å². The molecule has 100 valence electrons. The number of hydrogen-bond acceptors (Lipinski definition) is 4. The summed E-state index contributed by atoms with van der Waals surface area (Å²) in [5, 5.41) is 14.1. The Kier molecular flexibility index (Phi) is 4.22. The Bertz CT molecular complexity index is 537. The minimum Gasteiger partial charge on any atom is -0.350 e. The number of hydrogen-bond donors (Lipinski definition) is 1. The summed E-state index contributed by atoms with van der Waals surface area (Å²) in [5.41, 5.74) is 1.09. The lowest BCUT2D eigenvalue weighted by atomic mass is 10.1. The summed E-state index contributed by atoms with van der Waals surface area (Å²) in [7, 11) is 0. The van der Waals surface area contributed by atoms with Crippen molar-refractivity contribution in [3.8, 4) is 0 Å². The van der Waals surface area contributed by atoms with Gasteiger partial charge in [-0.25, -0.2) is 4.68 Å². The fourth-order valence-corrected chi connectivity index (χ4v) is 1.80. The zero-order valence-corrected chi connectivity index (χ0v) is 11.1. The number of rotatable bonds is 5. The molecule has 1 atom stereocenters. The maximum absolute atomic E-state index is 11.8. The van der Waals surface area contributed by atoms with Crippen molar-refractivity contribution in [2.75, 3.05) is 0 Å². The lowest BCUT2D eigenvalue weighted by Gasteiger charge is -2.14. The number of aryl methyl sites for hydroxylation is 2. The molecule has 0 spiro atoms. The minimum absolute atomic E-state index is 0.00340. The van der Waals surface area contributed by atoms with Crippen LogP contribution in [0.2, 0.25) is 0 Å². The van der Waals surface area contributed by atoms with Gasteiger partial charge in [-0.3, -0.25) is 4.79 Å². The second-order valence-electron chi connectivity index (χ2n) is 4.40. The van der Waals surface area contributed by atoms with Gasteiger partial charge in [0.1, 0.15) is 5.82 Å². The predicted octanol–water partition coefficient (Wildman–Crippen LogP) is 1.25. The van der Waals surface area contributed by atoms with Crippen LogP contribution >= 0.6 is 0 Å². The molecule has 1 aromatic carbocycles. The van der Waals surface area contributed by atoms with Gasteiger partial charge in [-0.2, -0.15) is 0 Å². The lowest BCUT2D eigenvalue weighted by molar-refractivity contribution is -0.122. The molecule has 19 heavy (non-hydrogen) atoms. The Balaban J connectivity index is 1.83. The second-order valence-corrected chi connectivity index (χ2v) is 4.40. The first kappa shape index (κ1) is 13.2. The third-order valence-corrected chi connectivity index (χ3v) is 2.94. The van der Waals surface area contributed by atoms with Crippen molar-refractivity contribution in [2.45, 2.75) is 32.9 Å². The van der Waals surface area contributed by atoms with Gasteiger partial charge in [-0.05, 0) is 29.8 Å². The summed E-state index contributed by atoms with van der Waals surface area (Å²) in [5.74, 6) is 0.704. The molecule has 2 rings (SSSR count). The predicted molar refractivity (Wildman–Crippen MR) is 70.2 cm³/mol. The summed E-state index contributed by atoms with van der Waals surface area (Å²) in [6, 6.07) is 9.87. The maximum atomic E-state index is 11.8. The van der Waals surface area contributed by atoms with Crippen molar-refractivity contribution < 1.29 is 4.79 Å². The Morgan fingerprint density at radius 2 is 2.11 bits per heavy atom. The smallest absolute Gasteiger partial charge is 0.222 e. The molecule has 0 aliphatic heterocycles. The van der Waals surface area contributed by atoms with Crippen molar-refractivity contribution >= 4 is 5.91 Å². The number of amides is 1. The number of aromatic nitrogens is 4. The number of benzene rings is 1. The summed E-state index contributed by atoms with van der Waals surface area (Å²) in [6.07, 6.45) is 0.364. The van der Waals surface area contributed by atoms with E-state index >= 15 is 0 Å². The van der Waals surface area contributed by atoms with E-state index in [0.29, 0.717) is 18.8 Å². The molecular weight excluding hydrogens is 242 g/mol. The van der Waals surface area contributed by atoms with Crippen LogP contribution in [-0.2, 0) is 11.3 Å². The van der Waals surface area contributed by atoms with E-state index in [4.69, 9.17) is 0 Å². The largest absolute Gasteiger partial charge is 0.350 e. The number of tetrazole rings is 1. The monoisotopic (exact) mass is 259 g/mol. The average molecular weight is 259 g/mol. The number of carbonyl (C=O) groups excluding carboxylic acids is 1. The molecule has 1 aromatic heterocycles. The van der Waals surface area contributed by atoms with Gasteiger partial charge < -0.3 is 5.32 Å². The fraction of sp³-hybridized carbons (Fsp3) is 0.385. The van der Waals surface area contributed by atoms with Gasteiger partial charge in [-0.1, -0.05) is 30.3 Å². The van der Waals surface area contributed by atoms with E-state index in [0.717, 1.165) is 5.56 Å². The summed E-state index contributed by atoms with van der Waals surface area (Å²) in [6.45, 7) is 4.27. The van der Waals surface area contributed by atoms with Crippen LogP contribution in [0.25, 0.3) is 0 Å². The highest BCUT2D eigenvalue weighted by molar-refractivity contribution is 5.76. The van der Waals surface area contributed by atoms with Gasteiger partial charge in [0, 0.05) is 6.42 Å². The molecule has 6 heteroatoms. The molecule has 2 aromatic rings. The Hall–Kier alpha value is -2.24. The molecule has 0 unspecified atom stereocenters. The summed E-state index contributed by atoms with van der Waals surface area (Å²) in [4.78, 5) is 11.8. The summed E-state index contributed by atoms with van der Waals surface area (Å²) >= 11 is 0. The third-order valence-electron chi connectivity index (χ3n) is 2.94. The Labute approximate surface area is 111 Å². The van der Waals surface area contributed by atoms with E-state index in [-0.39, 0.29) is 11.9 Å². The highest BCUT2D eigenvalue weighted by Gasteiger charge is 2.10. The molecule has 0 fully saturated rings. The van der Waals surface area contributed by atoms with Crippen LogP contribution in [0.15, 0.2) is 30.3 Å². The first-order valence-corrected chi connectivity index (χ1v) is 6.24. The third kappa shape index (κ3) is 3.61. The zero-order valence-electron chi connectivity index (χ0n) is 11.1. The molecule has 0 saturated heterocycles. The highest BCUT2D eigenvalue weighted by Crippen LogP contribution is 2.11. The van der Waals surface area contributed by atoms with Crippen molar-refractivity contribution in [3.63, 3.8) is 0 Å². The molecule has 0 saturated carbocycles. The maximum Gasteiger partial charge on any atom is 0.222 e. The molecule has 6 nitrogen and oxygen atoms in total. The molecule has 0 bridgehead atoms. The summed E-state index contributed by atoms with van der Waals surface area (Å²) < 4.78 is 1.62. The molecule has 0 radical (unpaired) electrons.